The van der Waals surface area contributed by atoms with Gasteiger partial charge in [0.15, 0.2) is 0 Å². The number of rotatable bonds is 3. The third kappa shape index (κ3) is 3.47. The summed E-state index contributed by atoms with van der Waals surface area (Å²) in [5.41, 5.74) is 6.67. The number of nitrogens with one attached hydrogen (secondary N) is 1. The maximum Gasteiger partial charge on any atom is 0.255 e. The Bertz CT molecular complexity index is 914. The first-order valence-electron chi connectivity index (χ1n) is 8.99. The molecular weight excluding hydrogens is 320 g/mol. The van der Waals surface area contributed by atoms with Crippen LogP contribution in [-0.2, 0) is 13.0 Å². The highest BCUT2D eigenvalue weighted by atomic mass is 16.1. The average Bonchev–Trinajstić information content (AvgIpc) is 2.68. The molecule has 1 N–H and O–H groups in total. The molecule has 26 heavy (non-hydrogen) atoms. The Morgan fingerprint density at radius 1 is 0.885 bits per heavy atom. The van der Waals surface area contributed by atoms with Crippen LogP contribution in [0.2, 0.25) is 0 Å². The summed E-state index contributed by atoms with van der Waals surface area (Å²) in [5, 5.41) is 2.97. The number of carbonyl (C=O) groups excluding carboxylic acids is 1. The summed E-state index contributed by atoms with van der Waals surface area (Å²) in [6, 6.07) is 24.4. The number of nitrogens with zero attached hydrogens (tertiary/aromatic N) is 1. The molecule has 3 nitrogen and oxygen atoms in total. The monoisotopic (exact) mass is 342 g/mol. The van der Waals surface area contributed by atoms with E-state index in [0.29, 0.717) is 5.56 Å². The fourth-order valence-electron chi connectivity index (χ4n) is 3.38. The normalized spacial score (nSPS) is 13.2. The molecule has 0 aliphatic carbocycles. The van der Waals surface area contributed by atoms with Crippen LogP contribution >= 0.6 is 0 Å². The van der Waals surface area contributed by atoms with Gasteiger partial charge < -0.3 is 10.2 Å². The van der Waals surface area contributed by atoms with Gasteiger partial charge in [0.25, 0.3) is 5.91 Å². The maximum absolute atomic E-state index is 12.3. The Kier molecular flexibility index (Phi) is 4.44. The number of benzene rings is 3. The first-order chi connectivity index (χ1) is 12.7. The van der Waals surface area contributed by atoms with Crippen LogP contribution in [0.3, 0.4) is 0 Å². The van der Waals surface area contributed by atoms with Gasteiger partial charge in [-0.2, -0.15) is 0 Å². The molecule has 0 radical (unpaired) electrons. The summed E-state index contributed by atoms with van der Waals surface area (Å²) in [5.74, 6) is -0.0790. The third-order valence-corrected chi connectivity index (χ3v) is 4.93. The Morgan fingerprint density at radius 2 is 1.58 bits per heavy atom. The van der Waals surface area contributed by atoms with Crippen molar-refractivity contribution >= 4 is 17.3 Å². The van der Waals surface area contributed by atoms with Gasteiger partial charge in [0.2, 0.25) is 0 Å². The minimum Gasteiger partial charge on any atom is -0.367 e. The molecule has 0 fully saturated rings. The molecule has 0 unspecified atom stereocenters. The highest BCUT2D eigenvalue weighted by Crippen LogP contribution is 2.25. The van der Waals surface area contributed by atoms with E-state index < -0.39 is 0 Å². The minimum atomic E-state index is -0.0790. The molecule has 1 aliphatic rings. The van der Waals surface area contributed by atoms with Crippen molar-refractivity contribution in [2.24, 2.45) is 0 Å². The lowest BCUT2D eigenvalue weighted by Gasteiger charge is -2.30. The second-order valence-electron chi connectivity index (χ2n) is 6.81. The molecule has 0 spiro atoms. The average molecular weight is 342 g/mol. The topological polar surface area (TPSA) is 32.3 Å². The number of aryl methyl sites for hydroxylation is 1. The van der Waals surface area contributed by atoms with Crippen LogP contribution in [0.5, 0.6) is 0 Å². The molecular formula is C23H22N2O. The van der Waals surface area contributed by atoms with Crippen LogP contribution in [0.4, 0.5) is 11.4 Å². The third-order valence-electron chi connectivity index (χ3n) is 4.93. The Morgan fingerprint density at radius 3 is 2.31 bits per heavy atom. The lowest BCUT2D eigenvalue weighted by Crippen LogP contribution is -2.30. The van der Waals surface area contributed by atoms with Crippen molar-refractivity contribution < 1.29 is 4.79 Å². The molecule has 4 rings (SSSR count). The molecule has 3 heteroatoms. The van der Waals surface area contributed by atoms with Crippen LogP contribution in [0.25, 0.3) is 0 Å². The van der Waals surface area contributed by atoms with Crippen molar-refractivity contribution in [1.82, 2.24) is 0 Å². The molecule has 3 aromatic rings. The van der Waals surface area contributed by atoms with Gasteiger partial charge in [-0.05, 0) is 60.9 Å². The van der Waals surface area contributed by atoms with Crippen LogP contribution < -0.4 is 10.2 Å². The Balaban J connectivity index is 1.44. The summed E-state index contributed by atoms with van der Waals surface area (Å²) in [4.78, 5) is 14.7. The minimum absolute atomic E-state index is 0.0790. The zero-order chi connectivity index (χ0) is 17.9. The van der Waals surface area contributed by atoms with Crippen LogP contribution in [0.1, 0.15) is 27.0 Å². The van der Waals surface area contributed by atoms with Gasteiger partial charge in [0.05, 0.1) is 0 Å². The summed E-state index contributed by atoms with van der Waals surface area (Å²) in [6.07, 6.45) is 1.07. The van der Waals surface area contributed by atoms with Crippen LogP contribution in [-0.4, -0.2) is 12.5 Å². The molecule has 1 aliphatic heterocycles. The first-order valence-corrected chi connectivity index (χ1v) is 8.99. The predicted molar refractivity (Wildman–Crippen MR) is 107 cm³/mol. The Labute approximate surface area is 154 Å². The largest absolute Gasteiger partial charge is 0.367 e. The smallest absolute Gasteiger partial charge is 0.255 e. The summed E-state index contributed by atoms with van der Waals surface area (Å²) >= 11 is 0. The highest BCUT2D eigenvalue weighted by Gasteiger charge is 2.16. The molecule has 0 saturated heterocycles. The molecule has 0 atom stereocenters. The van der Waals surface area contributed by atoms with Crippen molar-refractivity contribution in [3.05, 3.63) is 95.1 Å². The first kappa shape index (κ1) is 16.4. The molecule has 3 aromatic carbocycles. The van der Waals surface area contributed by atoms with Gasteiger partial charge in [-0.15, -0.1) is 0 Å². The number of anilines is 2. The zero-order valence-corrected chi connectivity index (χ0v) is 14.9. The molecule has 1 amide bonds. The van der Waals surface area contributed by atoms with E-state index in [4.69, 9.17) is 0 Å². The SMILES string of the molecule is Cc1ccc(C(=O)Nc2ccc(N3CCc4ccccc4C3)cc2)cc1. The highest BCUT2D eigenvalue weighted by molar-refractivity contribution is 6.04. The van der Waals surface area contributed by atoms with Gasteiger partial charge >= 0.3 is 0 Å². The van der Waals surface area contributed by atoms with Crippen LogP contribution in [0, 0.1) is 6.92 Å². The van der Waals surface area contributed by atoms with E-state index in [2.05, 4.69) is 46.6 Å². The van der Waals surface area contributed by atoms with E-state index >= 15 is 0 Å². The lowest BCUT2D eigenvalue weighted by molar-refractivity contribution is 0.102. The summed E-state index contributed by atoms with van der Waals surface area (Å²) in [6.45, 7) is 3.97. The van der Waals surface area contributed by atoms with Crippen molar-refractivity contribution in [3.63, 3.8) is 0 Å². The van der Waals surface area contributed by atoms with E-state index in [0.717, 1.165) is 30.8 Å². The molecule has 0 bridgehead atoms. The molecule has 1 heterocycles. The standard InChI is InChI=1S/C23H22N2O/c1-17-6-8-19(9-7-17)23(26)24-21-10-12-22(13-11-21)25-15-14-18-4-2-3-5-20(18)16-25/h2-13H,14-16H2,1H3,(H,24,26). The van der Waals surface area contributed by atoms with Gasteiger partial charge in [0, 0.05) is 30.0 Å². The quantitative estimate of drug-likeness (QED) is 0.741. The molecule has 0 saturated carbocycles. The fourth-order valence-corrected chi connectivity index (χ4v) is 3.38. The van der Waals surface area contributed by atoms with Gasteiger partial charge in [-0.3, -0.25) is 4.79 Å². The number of amides is 1. The lowest BCUT2D eigenvalue weighted by atomic mass is 9.99. The van der Waals surface area contributed by atoms with Crippen molar-refractivity contribution in [3.8, 4) is 0 Å². The zero-order valence-electron chi connectivity index (χ0n) is 14.9. The molecule has 0 aromatic heterocycles. The number of fused-ring (bicyclic) bond motifs is 1. The number of hydrogen-bond donors (Lipinski definition) is 1. The van der Waals surface area contributed by atoms with E-state index in [9.17, 15) is 4.79 Å². The van der Waals surface area contributed by atoms with Crippen LogP contribution in [0.15, 0.2) is 72.8 Å². The second-order valence-corrected chi connectivity index (χ2v) is 6.81. The van der Waals surface area contributed by atoms with Gasteiger partial charge in [-0.1, -0.05) is 42.0 Å². The van der Waals surface area contributed by atoms with E-state index in [1.165, 1.54) is 16.8 Å². The van der Waals surface area contributed by atoms with Gasteiger partial charge in [0.1, 0.15) is 0 Å². The van der Waals surface area contributed by atoms with Crippen molar-refractivity contribution in [1.29, 1.82) is 0 Å². The number of hydrogen-bond acceptors (Lipinski definition) is 2. The number of carbonyl (C=O) groups is 1. The summed E-state index contributed by atoms with van der Waals surface area (Å²) in [7, 11) is 0. The van der Waals surface area contributed by atoms with E-state index in [-0.39, 0.29) is 5.91 Å². The van der Waals surface area contributed by atoms with E-state index in [1.54, 1.807) is 0 Å². The molecule has 130 valence electrons. The summed E-state index contributed by atoms with van der Waals surface area (Å²) < 4.78 is 0. The van der Waals surface area contributed by atoms with Crippen molar-refractivity contribution in [2.75, 3.05) is 16.8 Å². The second kappa shape index (κ2) is 7.04. The van der Waals surface area contributed by atoms with E-state index in [1.807, 2.05) is 43.3 Å². The predicted octanol–water partition coefficient (Wildman–Crippen LogP) is 4.81. The Hall–Kier alpha value is -3.07. The van der Waals surface area contributed by atoms with Crippen molar-refractivity contribution in [2.45, 2.75) is 19.9 Å². The maximum atomic E-state index is 12.3. The fraction of sp³-hybridized carbons (Fsp3) is 0.174. The van der Waals surface area contributed by atoms with Gasteiger partial charge in [-0.25, -0.2) is 0 Å².